The molecule has 0 radical (unpaired) electrons. The summed E-state index contributed by atoms with van der Waals surface area (Å²) in [6, 6.07) is 12.7. The highest BCUT2D eigenvalue weighted by Crippen LogP contribution is 2.24. The first-order valence-corrected chi connectivity index (χ1v) is 9.21. The number of amides is 1. The van der Waals surface area contributed by atoms with Crippen LogP contribution in [0.15, 0.2) is 47.2 Å². The quantitative estimate of drug-likeness (QED) is 0.808. The van der Waals surface area contributed by atoms with Crippen molar-refractivity contribution in [1.82, 2.24) is 4.90 Å². The second-order valence-electron chi connectivity index (χ2n) is 6.34. The Hall–Kier alpha value is -1.81. The molecule has 1 fully saturated rings. The fourth-order valence-electron chi connectivity index (χ4n) is 3.22. The van der Waals surface area contributed by atoms with E-state index in [0.717, 1.165) is 32.5 Å². The van der Waals surface area contributed by atoms with Crippen LogP contribution in [-0.2, 0) is 11.2 Å². The van der Waals surface area contributed by atoms with Crippen molar-refractivity contribution in [3.63, 3.8) is 0 Å². The number of benzene rings is 1. The standard InChI is InChI=1S/C19H24N2OS/c1-20(19(22)8-7-16-10-12-23-15-16)13-17-9-11-21(14-17)18-5-3-2-4-6-18/h2-6,10,12,15,17H,7-9,11,13-14H2,1H3. The van der Waals surface area contributed by atoms with Gasteiger partial charge in [0.2, 0.25) is 5.91 Å². The van der Waals surface area contributed by atoms with E-state index >= 15 is 0 Å². The van der Waals surface area contributed by atoms with Crippen LogP contribution in [0.4, 0.5) is 5.69 Å². The lowest BCUT2D eigenvalue weighted by atomic mass is 10.1. The number of anilines is 1. The Balaban J connectivity index is 1.45. The molecular formula is C19H24N2OS. The number of hydrogen-bond donors (Lipinski definition) is 0. The third-order valence-corrected chi connectivity index (χ3v) is 5.30. The van der Waals surface area contributed by atoms with Gasteiger partial charge in [-0.2, -0.15) is 11.3 Å². The van der Waals surface area contributed by atoms with Gasteiger partial charge in [0.25, 0.3) is 0 Å². The van der Waals surface area contributed by atoms with E-state index in [1.807, 2.05) is 11.9 Å². The number of nitrogens with zero attached hydrogens (tertiary/aromatic N) is 2. The van der Waals surface area contributed by atoms with E-state index in [2.05, 4.69) is 52.1 Å². The number of aryl methyl sites for hydroxylation is 1. The van der Waals surface area contributed by atoms with Gasteiger partial charge in [-0.1, -0.05) is 18.2 Å². The molecule has 2 aromatic rings. The molecule has 1 aromatic carbocycles. The molecule has 3 rings (SSSR count). The second-order valence-corrected chi connectivity index (χ2v) is 7.12. The molecule has 0 N–H and O–H groups in total. The molecule has 1 aliphatic heterocycles. The van der Waals surface area contributed by atoms with Gasteiger partial charge in [0, 0.05) is 38.8 Å². The van der Waals surface area contributed by atoms with Gasteiger partial charge in [-0.05, 0) is 53.3 Å². The Kier molecular flexibility index (Phi) is 5.34. The van der Waals surface area contributed by atoms with Crippen LogP contribution in [0.25, 0.3) is 0 Å². The highest BCUT2D eigenvalue weighted by atomic mass is 32.1. The number of thiophene rings is 1. The molecule has 1 amide bonds. The first-order valence-electron chi connectivity index (χ1n) is 8.27. The van der Waals surface area contributed by atoms with Crippen molar-refractivity contribution < 1.29 is 4.79 Å². The SMILES string of the molecule is CN(CC1CCN(c2ccccc2)C1)C(=O)CCc1ccsc1. The van der Waals surface area contributed by atoms with E-state index < -0.39 is 0 Å². The van der Waals surface area contributed by atoms with Crippen molar-refractivity contribution in [3.8, 4) is 0 Å². The molecule has 1 aromatic heterocycles. The molecule has 0 bridgehead atoms. The van der Waals surface area contributed by atoms with Crippen LogP contribution in [0, 0.1) is 5.92 Å². The number of carbonyl (C=O) groups excluding carboxylic acids is 1. The van der Waals surface area contributed by atoms with Gasteiger partial charge in [0.05, 0.1) is 0 Å². The van der Waals surface area contributed by atoms with Crippen LogP contribution in [0.5, 0.6) is 0 Å². The Morgan fingerprint density at radius 2 is 2.13 bits per heavy atom. The zero-order chi connectivity index (χ0) is 16.1. The molecule has 4 heteroatoms. The second kappa shape index (κ2) is 7.64. The van der Waals surface area contributed by atoms with Gasteiger partial charge in [0.15, 0.2) is 0 Å². The summed E-state index contributed by atoms with van der Waals surface area (Å²) in [7, 11) is 1.95. The maximum Gasteiger partial charge on any atom is 0.222 e. The minimum atomic E-state index is 0.259. The third kappa shape index (κ3) is 4.35. The fraction of sp³-hybridized carbons (Fsp3) is 0.421. The zero-order valence-corrected chi connectivity index (χ0v) is 14.5. The van der Waals surface area contributed by atoms with Crippen LogP contribution in [-0.4, -0.2) is 37.5 Å². The molecule has 1 aliphatic rings. The van der Waals surface area contributed by atoms with E-state index in [0.29, 0.717) is 12.3 Å². The largest absolute Gasteiger partial charge is 0.371 e. The lowest BCUT2D eigenvalue weighted by Gasteiger charge is -2.22. The minimum absolute atomic E-state index is 0.259. The van der Waals surface area contributed by atoms with E-state index in [1.54, 1.807) is 11.3 Å². The van der Waals surface area contributed by atoms with Crippen LogP contribution in [0.2, 0.25) is 0 Å². The molecule has 2 heterocycles. The summed E-state index contributed by atoms with van der Waals surface area (Å²) in [5, 5.41) is 4.20. The number of para-hydroxylation sites is 1. The lowest BCUT2D eigenvalue weighted by Crippen LogP contribution is -2.33. The molecule has 3 nitrogen and oxygen atoms in total. The van der Waals surface area contributed by atoms with Crippen molar-refractivity contribution in [2.45, 2.75) is 19.3 Å². The topological polar surface area (TPSA) is 23.6 Å². The first kappa shape index (κ1) is 16.1. The number of hydrogen-bond acceptors (Lipinski definition) is 3. The summed E-state index contributed by atoms with van der Waals surface area (Å²) in [4.78, 5) is 16.6. The normalized spacial score (nSPS) is 17.4. The summed E-state index contributed by atoms with van der Waals surface area (Å²) in [6.45, 7) is 3.00. The van der Waals surface area contributed by atoms with Gasteiger partial charge in [-0.15, -0.1) is 0 Å². The lowest BCUT2D eigenvalue weighted by molar-refractivity contribution is -0.130. The Morgan fingerprint density at radius 3 is 2.87 bits per heavy atom. The van der Waals surface area contributed by atoms with Crippen molar-refractivity contribution in [1.29, 1.82) is 0 Å². The maximum atomic E-state index is 12.3. The van der Waals surface area contributed by atoms with Gasteiger partial charge in [-0.3, -0.25) is 4.79 Å². The van der Waals surface area contributed by atoms with Gasteiger partial charge in [-0.25, -0.2) is 0 Å². The van der Waals surface area contributed by atoms with E-state index in [9.17, 15) is 4.79 Å². The first-order chi connectivity index (χ1) is 11.2. The Labute approximate surface area is 142 Å². The smallest absolute Gasteiger partial charge is 0.222 e. The van der Waals surface area contributed by atoms with Crippen molar-refractivity contribution in [2.75, 3.05) is 31.6 Å². The highest BCUT2D eigenvalue weighted by Gasteiger charge is 2.24. The monoisotopic (exact) mass is 328 g/mol. The van der Waals surface area contributed by atoms with Gasteiger partial charge < -0.3 is 9.80 Å². The molecule has 122 valence electrons. The Bertz CT molecular complexity index is 612. The van der Waals surface area contributed by atoms with Crippen LogP contribution >= 0.6 is 11.3 Å². The molecule has 0 saturated carbocycles. The molecule has 0 aliphatic carbocycles. The summed E-state index contributed by atoms with van der Waals surface area (Å²) in [6.07, 6.45) is 2.63. The summed E-state index contributed by atoms with van der Waals surface area (Å²) < 4.78 is 0. The number of carbonyl (C=O) groups is 1. The summed E-state index contributed by atoms with van der Waals surface area (Å²) >= 11 is 1.69. The molecule has 1 unspecified atom stereocenters. The molecule has 23 heavy (non-hydrogen) atoms. The predicted octanol–water partition coefficient (Wildman–Crippen LogP) is 3.67. The van der Waals surface area contributed by atoms with E-state index in [1.165, 1.54) is 11.3 Å². The van der Waals surface area contributed by atoms with Gasteiger partial charge >= 0.3 is 0 Å². The summed E-state index contributed by atoms with van der Waals surface area (Å²) in [5.74, 6) is 0.833. The van der Waals surface area contributed by atoms with Crippen LogP contribution in [0.1, 0.15) is 18.4 Å². The number of rotatable bonds is 6. The molecule has 1 saturated heterocycles. The van der Waals surface area contributed by atoms with E-state index in [4.69, 9.17) is 0 Å². The average Bonchev–Trinajstić information content (AvgIpc) is 3.25. The van der Waals surface area contributed by atoms with Gasteiger partial charge in [0.1, 0.15) is 0 Å². The highest BCUT2D eigenvalue weighted by molar-refractivity contribution is 7.07. The molecular weight excluding hydrogens is 304 g/mol. The zero-order valence-electron chi connectivity index (χ0n) is 13.6. The summed E-state index contributed by atoms with van der Waals surface area (Å²) in [5.41, 5.74) is 2.56. The van der Waals surface area contributed by atoms with E-state index in [-0.39, 0.29) is 5.91 Å². The van der Waals surface area contributed by atoms with Crippen molar-refractivity contribution >= 4 is 22.9 Å². The third-order valence-electron chi connectivity index (χ3n) is 4.57. The van der Waals surface area contributed by atoms with Crippen LogP contribution < -0.4 is 4.90 Å². The molecule has 1 atom stereocenters. The van der Waals surface area contributed by atoms with Crippen molar-refractivity contribution in [2.24, 2.45) is 5.92 Å². The van der Waals surface area contributed by atoms with Crippen LogP contribution in [0.3, 0.4) is 0 Å². The average molecular weight is 328 g/mol. The minimum Gasteiger partial charge on any atom is -0.371 e. The Morgan fingerprint density at radius 1 is 1.30 bits per heavy atom. The fourth-order valence-corrected chi connectivity index (χ4v) is 3.92. The maximum absolute atomic E-state index is 12.3. The molecule has 0 spiro atoms. The predicted molar refractivity (Wildman–Crippen MR) is 97.0 cm³/mol. The van der Waals surface area contributed by atoms with Crippen molar-refractivity contribution in [3.05, 3.63) is 52.7 Å².